The van der Waals surface area contributed by atoms with Crippen LogP contribution in [0.2, 0.25) is 0 Å². The van der Waals surface area contributed by atoms with E-state index in [9.17, 15) is 0 Å². The van der Waals surface area contributed by atoms with Crippen molar-refractivity contribution in [3.63, 3.8) is 0 Å². The summed E-state index contributed by atoms with van der Waals surface area (Å²) in [6.45, 7) is 3.05. The predicted molar refractivity (Wildman–Crippen MR) is 106 cm³/mol. The van der Waals surface area contributed by atoms with Crippen LogP contribution in [-0.2, 0) is 6.54 Å². The van der Waals surface area contributed by atoms with Gasteiger partial charge in [-0.1, -0.05) is 6.07 Å². The van der Waals surface area contributed by atoms with Crippen LogP contribution in [0.15, 0.2) is 35.1 Å². The lowest BCUT2D eigenvalue weighted by atomic mass is 10.0. The standard InChI is InChI=1S/C19H25BrN4O2/c1-23(18-10-19(26-3)22-13-21-18)15-5-4-8-24(12-15)11-14-6-7-17(25-2)16(20)9-14/h6-7,9-10,13,15H,4-5,8,11-12H2,1-3H3. The van der Waals surface area contributed by atoms with Crippen molar-refractivity contribution < 1.29 is 9.47 Å². The van der Waals surface area contributed by atoms with Crippen LogP contribution in [-0.4, -0.2) is 55.3 Å². The van der Waals surface area contributed by atoms with Crippen LogP contribution in [0.1, 0.15) is 18.4 Å². The monoisotopic (exact) mass is 420 g/mol. The van der Waals surface area contributed by atoms with Crippen LogP contribution in [0.4, 0.5) is 5.82 Å². The van der Waals surface area contributed by atoms with Gasteiger partial charge in [0.1, 0.15) is 17.9 Å². The van der Waals surface area contributed by atoms with E-state index in [2.05, 4.69) is 54.9 Å². The first-order chi connectivity index (χ1) is 12.6. The fourth-order valence-electron chi connectivity index (χ4n) is 3.38. The van der Waals surface area contributed by atoms with E-state index in [-0.39, 0.29) is 0 Å². The van der Waals surface area contributed by atoms with Gasteiger partial charge in [-0.25, -0.2) is 9.97 Å². The molecule has 0 radical (unpaired) electrons. The molecule has 1 unspecified atom stereocenters. The number of piperidine rings is 1. The first-order valence-electron chi connectivity index (χ1n) is 8.74. The van der Waals surface area contributed by atoms with E-state index in [1.807, 2.05) is 12.1 Å². The molecule has 0 spiro atoms. The Hall–Kier alpha value is -1.86. The number of methoxy groups -OCH3 is 2. The van der Waals surface area contributed by atoms with Crippen molar-refractivity contribution in [2.45, 2.75) is 25.4 Å². The number of rotatable bonds is 6. The molecule has 1 aliphatic heterocycles. The Balaban J connectivity index is 1.66. The van der Waals surface area contributed by atoms with Crippen molar-refractivity contribution in [1.82, 2.24) is 14.9 Å². The van der Waals surface area contributed by atoms with Crippen LogP contribution >= 0.6 is 15.9 Å². The number of hydrogen-bond donors (Lipinski definition) is 0. The Morgan fingerprint density at radius 1 is 1.23 bits per heavy atom. The zero-order valence-corrected chi connectivity index (χ0v) is 17.1. The third-order valence-corrected chi connectivity index (χ3v) is 5.47. The summed E-state index contributed by atoms with van der Waals surface area (Å²) in [5.74, 6) is 2.36. The molecule has 1 saturated heterocycles. The zero-order valence-electron chi connectivity index (χ0n) is 15.5. The van der Waals surface area contributed by atoms with Gasteiger partial charge in [-0.15, -0.1) is 0 Å². The fraction of sp³-hybridized carbons (Fsp3) is 0.474. The summed E-state index contributed by atoms with van der Waals surface area (Å²) in [6, 6.07) is 8.60. The number of likely N-dealkylation sites (N-methyl/N-ethyl adjacent to an activating group) is 1. The van der Waals surface area contributed by atoms with Crippen LogP contribution in [0.25, 0.3) is 0 Å². The topological polar surface area (TPSA) is 50.7 Å². The van der Waals surface area contributed by atoms with Crippen molar-refractivity contribution in [3.8, 4) is 11.6 Å². The molecule has 26 heavy (non-hydrogen) atoms. The summed E-state index contributed by atoms with van der Waals surface area (Å²) in [5, 5.41) is 0. The summed E-state index contributed by atoms with van der Waals surface area (Å²) in [4.78, 5) is 13.2. The highest BCUT2D eigenvalue weighted by Gasteiger charge is 2.24. The second-order valence-electron chi connectivity index (χ2n) is 6.53. The summed E-state index contributed by atoms with van der Waals surface area (Å²) in [5.41, 5.74) is 1.28. The summed E-state index contributed by atoms with van der Waals surface area (Å²) >= 11 is 3.57. The fourth-order valence-corrected chi connectivity index (χ4v) is 3.97. The predicted octanol–water partition coefficient (Wildman–Crippen LogP) is 3.36. The van der Waals surface area contributed by atoms with Crippen molar-refractivity contribution in [2.24, 2.45) is 0 Å². The van der Waals surface area contributed by atoms with Gasteiger partial charge in [0.25, 0.3) is 0 Å². The zero-order chi connectivity index (χ0) is 18.5. The maximum atomic E-state index is 5.32. The molecular weight excluding hydrogens is 396 g/mol. The maximum absolute atomic E-state index is 5.32. The summed E-state index contributed by atoms with van der Waals surface area (Å²) in [6.07, 6.45) is 3.89. The lowest BCUT2D eigenvalue weighted by Crippen LogP contribution is -2.46. The number of aromatic nitrogens is 2. The van der Waals surface area contributed by atoms with Crippen molar-refractivity contribution in [2.75, 3.05) is 39.3 Å². The van der Waals surface area contributed by atoms with E-state index in [4.69, 9.17) is 9.47 Å². The maximum Gasteiger partial charge on any atom is 0.218 e. The van der Waals surface area contributed by atoms with Gasteiger partial charge in [-0.2, -0.15) is 0 Å². The average molecular weight is 421 g/mol. The number of benzene rings is 1. The smallest absolute Gasteiger partial charge is 0.218 e. The molecule has 0 bridgehead atoms. The molecular formula is C19H25BrN4O2. The largest absolute Gasteiger partial charge is 0.496 e. The van der Waals surface area contributed by atoms with Crippen LogP contribution in [0.5, 0.6) is 11.6 Å². The number of likely N-dealkylation sites (tertiary alicyclic amines) is 1. The molecule has 0 saturated carbocycles. The highest BCUT2D eigenvalue weighted by molar-refractivity contribution is 9.10. The average Bonchev–Trinajstić information content (AvgIpc) is 2.68. The molecule has 1 aromatic heterocycles. The Kier molecular flexibility index (Phi) is 6.32. The quantitative estimate of drug-likeness (QED) is 0.713. The highest BCUT2D eigenvalue weighted by atomic mass is 79.9. The van der Waals surface area contributed by atoms with E-state index >= 15 is 0 Å². The molecule has 3 rings (SSSR count). The van der Waals surface area contributed by atoms with Gasteiger partial charge < -0.3 is 14.4 Å². The van der Waals surface area contributed by atoms with Crippen molar-refractivity contribution in [3.05, 3.63) is 40.6 Å². The molecule has 7 heteroatoms. The van der Waals surface area contributed by atoms with Gasteiger partial charge in [-0.3, -0.25) is 4.90 Å². The van der Waals surface area contributed by atoms with E-state index in [1.54, 1.807) is 20.5 Å². The molecule has 1 atom stereocenters. The minimum atomic E-state index is 0.421. The number of ether oxygens (including phenoxy) is 2. The van der Waals surface area contributed by atoms with Gasteiger partial charge in [-0.05, 0) is 53.0 Å². The van der Waals surface area contributed by atoms with Gasteiger partial charge in [0.05, 0.1) is 18.7 Å². The summed E-state index contributed by atoms with van der Waals surface area (Å²) < 4.78 is 11.5. The Labute approximate surface area is 163 Å². The van der Waals surface area contributed by atoms with Crippen molar-refractivity contribution in [1.29, 1.82) is 0 Å². The first-order valence-corrected chi connectivity index (χ1v) is 9.53. The van der Waals surface area contributed by atoms with Crippen LogP contribution < -0.4 is 14.4 Å². The second kappa shape index (κ2) is 8.68. The van der Waals surface area contributed by atoms with Crippen LogP contribution in [0.3, 0.4) is 0 Å². The van der Waals surface area contributed by atoms with Gasteiger partial charge in [0, 0.05) is 32.2 Å². The minimum absolute atomic E-state index is 0.421. The highest BCUT2D eigenvalue weighted by Crippen LogP contribution is 2.27. The molecule has 1 aromatic carbocycles. The molecule has 2 aromatic rings. The lowest BCUT2D eigenvalue weighted by Gasteiger charge is -2.38. The van der Waals surface area contributed by atoms with Crippen molar-refractivity contribution >= 4 is 21.7 Å². The van der Waals surface area contributed by atoms with Gasteiger partial charge in [0.2, 0.25) is 5.88 Å². The molecule has 1 aliphatic rings. The second-order valence-corrected chi connectivity index (χ2v) is 7.38. The molecule has 0 N–H and O–H groups in total. The molecule has 2 heterocycles. The molecule has 0 aliphatic carbocycles. The lowest BCUT2D eigenvalue weighted by molar-refractivity contribution is 0.198. The number of nitrogens with zero attached hydrogens (tertiary/aromatic N) is 4. The third-order valence-electron chi connectivity index (χ3n) is 4.85. The normalized spacial score (nSPS) is 17.8. The van der Waals surface area contributed by atoms with E-state index in [1.165, 1.54) is 12.0 Å². The Bertz CT molecular complexity index is 743. The van der Waals surface area contributed by atoms with Crippen LogP contribution in [0, 0.1) is 0 Å². The Morgan fingerprint density at radius 3 is 2.81 bits per heavy atom. The first kappa shape index (κ1) is 18.9. The van der Waals surface area contributed by atoms with Gasteiger partial charge in [0.15, 0.2) is 0 Å². The minimum Gasteiger partial charge on any atom is -0.496 e. The Morgan fingerprint density at radius 2 is 2.08 bits per heavy atom. The number of halogens is 1. The molecule has 140 valence electrons. The number of hydrogen-bond acceptors (Lipinski definition) is 6. The van der Waals surface area contributed by atoms with Gasteiger partial charge >= 0.3 is 0 Å². The summed E-state index contributed by atoms with van der Waals surface area (Å²) in [7, 11) is 5.41. The molecule has 0 amide bonds. The number of anilines is 1. The molecule has 6 nitrogen and oxygen atoms in total. The van der Waals surface area contributed by atoms with E-state index in [0.717, 1.165) is 42.1 Å². The SMILES string of the molecule is COc1cc(N(C)C2CCCN(Cc3ccc(OC)c(Br)c3)C2)ncn1. The van der Waals surface area contributed by atoms with E-state index in [0.29, 0.717) is 11.9 Å². The molecule has 1 fully saturated rings. The van der Waals surface area contributed by atoms with E-state index < -0.39 is 0 Å². The third kappa shape index (κ3) is 4.45.